The van der Waals surface area contributed by atoms with Crippen molar-refractivity contribution in [2.24, 2.45) is 0 Å². The third kappa shape index (κ3) is 3.20. The highest BCUT2D eigenvalue weighted by Gasteiger charge is 2.19. The zero-order valence-electron chi connectivity index (χ0n) is 8.74. The number of carbonyl (C=O) groups is 1. The molecule has 3 nitrogen and oxygen atoms in total. The Balaban J connectivity index is 2.43. The number of methoxy groups -OCH3 is 1. The summed E-state index contributed by atoms with van der Waals surface area (Å²) in [5.74, 6) is 0.0939. The zero-order chi connectivity index (χ0) is 10.6. The second kappa shape index (κ2) is 4.66. The number of aromatic nitrogens is 1. The van der Waals surface area contributed by atoms with E-state index in [-0.39, 0.29) is 11.4 Å². The van der Waals surface area contributed by atoms with Gasteiger partial charge in [-0.15, -0.1) is 11.3 Å². The molecule has 0 radical (unpaired) electrons. The van der Waals surface area contributed by atoms with Gasteiger partial charge >= 0.3 is 0 Å². The quantitative estimate of drug-likeness (QED) is 0.705. The molecule has 14 heavy (non-hydrogen) atoms. The van der Waals surface area contributed by atoms with Gasteiger partial charge in [0.05, 0.1) is 11.1 Å². The van der Waals surface area contributed by atoms with Crippen molar-refractivity contribution >= 4 is 17.1 Å². The number of hydrogen-bond donors (Lipinski definition) is 0. The van der Waals surface area contributed by atoms with Gasteiger partial charge in [-0.05, 0) is 20.3 Å². The minimum Gasteiger partial charge on any atom is -0.379 e. The van der Waals surface area contributed by atoms with Crippen LogP contribution in [0, 0.1) is 0 Å². The first kappa shape index (κ1) is 11.3. The molecule has 1 rings (SSSR count). The summed E-state index contributed by atoms with van der Waals surface area (Å²) in [4.78, 5) is 15.5. The van der Waals surface area contributed by atoms with Gasteiger partial charge in [-0.2, -0.15) is 0 Å². The van der Waals surface area contributed by atoms with E-state index in [0.29, 0.717) is 12.1 Å². The molecule has 0 atom stereocenters. The molecule has 0 bridgehead atoms. The Kier molecular flexibility index (Phi) is 3.77. The second-order valence-electron chi connectivity index (χ2n) is 3.76. The van der Waals surface area contributed by atoms with E-state index in [9.17, 15) is 4.79 Å². The van der Waals surface area contributed by atoms with Crippen molar-refractivity contribution in [2.45, 2.75) is 32.3 Å². The monoisotopic (exact) mass is 213 g/mol. The number of rotatable bonds is 5. The second-order valence-corrected chi connectivity index (χ2v) is 4.48. The first-order valence-corrected chi connectivity index (χ1v) is 5.46. The van der Waals surface area contributed by atoms with E-state index in [2.05, 4.69) is 4.98 Å². The van der Waals surface area contributed by atoms with Gasteiger partial charge in [0.15, 0.2) is 5.78 Å². The third-order valence-electron chi connectivity index (χ3n) is 2.22. The average molecular weight is 213 g/mol. The number of ketones is 1. The van der Waals surface area contributed by atoms with E-state index in [1.54, 1.807) is 18.0 Å². The lowest BCUT2D eigenvalue weighted by Gasteiger charge is -2.21. The summed E-state index contributed by atoms with van der Waals surface area (Å²) in [6.45, 7) is 3.95. The van der Waals surface area contributed by atoms with Crippen LogP contribution in [0.3, 0.4) is 0 Å². The van der Waals surface area contributed by atoms with Crippen molar-refractivity contribution in [2.75, 3.05) is 7.11 Å². The molecule has 0 aliphatic rings. The summed E-state index contributed by atoms with van der Waals surface area (Å²) in [5, 5.41) is 1.78. The fourth-order valence-corrected chi connectivity index (χ4v) is 1.55. The number of nitrogens with zero attached hydrogens (tertiary/aromatic N) is 1. The summed E-state index contributed by atoms with van der Waals surface area (Å²) >= 11 is 1.44. The van der Waals surface area contributed by atoms with E-state index in [1.807, 2.05) is 13.8 Å². The highest BCUT2D eigenvalue weighted by Crippen LogP contribution is 2.17. The molecule has 78 valence electrons. The standard InChI is InChI=1S/C10H15NO2S/c1-10(2,13-3)5-4-9(12)8-6-14-7-11-8/h6-7H,4-5H2,1-3H3. The molecule has 4 heteroatoms. The molecule has 0 saturated carbocycles. The summed E-state index contributed by atoms with van der Waals surface area (Å²) in [5.41, 5.74) is 2.02. The predicted molar refractivity (Wildman–Crippen MR) is 56.8 cm³/mol. The van der Waals surface area contributed by atoms with Crippen LogP contribution in [0.4, 0.5) is 0 Å². The largest absolute Gasteiger partial charge is 0.379 e. The predicted octanol–water partition coefficient (Wildman–Crippen LogP) is 2.53. The van der Waals surface area contributed by atoms with Gasteiger partial charge in [0, 0.05) is 18.9 Å². The molecule has 1 heterocycles. The molecule has 0 saturated heterocycles. The molecule has 0 spiro atoms. The smallest absolute Gasteiger partial charge is 0.182 e. The van der Waals surface area contributed by atoms with Crippen LogP contribution in [-0.2, 0) is 4.74 Å². The Morgan fingerprint density at radius 3 is 2.86 bits per heavy atom. The molecular formula is C10H15NO2S. The van der Waals surface area contributed by atoms with E-state index in [0.717, 1.165) is 6.42 Å². The lowest BCUT2D eigenvalue weighted by molar-refractivity contribution is 0.0141. The number of thiazole rings is 1. The lowest BCUT2D eigenvalue weighted by Crippen LogP contribution is -2.23. The van der Waals surface area contributed by atoms with Gasteiger partial charge in [-0.3, -0.25) is 4.79 Å². The van der Waals surface area contributed by atoms with Gasteiger partial charge in [-0.25, -0.2) is 4.98 Å². The van der Waals surface area contributed by atoms with E-state index in [1.165, 1.54) is 11.3 Å². The van der Waals surface area contributed by atoms with Gasteiger partial charge in [0.1, 0.15) is 5.69 Å². The summed E-state index contributed by atoms with van der Waals surface area (Å²) in [6, 6.07) is 0. The number of ether oxygens (including phenoxy) is 1. The van der Waals surface area contributed by atoms with Crippen molar-refractivity contribution in [3.63, 3.8) is 0 Å². The highest BCUT2D eigenvalue weighted by molar-refractivity contribution is 7.07. The van der Waals surface area contributed by atoms with Gasteiger partial charge in [0.25, 0.3) is 0 Å². The maximum Gasteiger partial charge on any atom is 0.182 e. The molecule has 0 aromatic carbocycles. The number of hydrogen-bond acceptors (Lipinski definition) is 4. The molecule has 0 unspecified atom stereocenters. The Labute approximate surface area is 88.1 Å². The fourth-order valence-electron chi connectivity index (χ4n) is 0.995. The molecular weight excluding hydrogens is 198 g/mol. The molecule has 0 N–H and O–H groups in total. The van der Waals surface area contributed by atoms with Crippen LogP contribution < -0.4 is 0 Å². The Bertz CT molecular complexity index is 293. The Hall–Kier alpha value is -0.740. The lowest BCUT2D eigenvalue weighted by atomic mass is 10.00. The van der Waals surface area contributed by atoms with Crippen molar-refractivity contribution in [1.82, 2.24) is 4.98 Å². The molecule has 0 amide bonds. The average Bonchev–Trinajstić information content (AvgIpc) is 2.67. The molecule has 0 aliphatic heterocycles. The normalized spacial score (nSPS) is 11.6. The summed E-state index contributed by atoms with van der Waals surface area (Å²) in [6.07, 6.45) is 1.21. The fraction of sp³-hybridized carbons (Fsp3) is 0.600. The van der Waals surface area contributed by atoms with Crippen LogP contribution in [0.1, 0.15) is 37.2 Å². The van der Waals surface area contributed by atoms with E-state index < -0.39 is 0 Å². The Morgan fingerprint density at radius 1 is 1.64 bits per heavy atom. The highest BCUT2D eigenvalue weighted by atomic mass is 32.1. The third-order valence-corrected chi connectivity index (χ3v) is 2.81. The SMILES string of the molecule is COC(C)(C)CCC(=O)c1cscn1. The van der Waals surface area contributed by atoms with Crippen molar-refractivity contribution in [3.05, 3.63) is 16.6 Å². The zero-order valence-corrected chi connectivity index (χ0v) is 9.56. The summed E-state index contributed by atoms with van der Waals surface area (Å²) < 4.78 is 5.24. The van der Waals surface area contributed by atoms with Crippen molar-refractivity contribution < 1.29 is 9.53 Å². The van der Waals surface area contributed by atoms with Crippen LogP contribution in [0.2, 0.25) is 0 Å². The van der Waals surface area contributed by atoms with Gasteiger partial charge in [0.2, 0.25) is 0 Å². The first-order valence-electron chi connectivity index (χ1n) is 4.52. The van der Waals surface area contributed by atoms with Crippen LogP contribution in [0.5, 0.6) is 0 Å². The molecule has 0 aliphatic carbocycles. The van der Waals surface area contributed by atoms with Crippen LogP contribution >= 0.6 is 11.3 Å². The van der Waals surface area contributed by atoms with Crippen molar-refractivity contribution in [3.8, 4) is 0 Å². The maximum atomic E-state index is 11.6. The number of Topliss-reactive ketones (excluding diaryl/α,β-unsaturated/α-hetero) is 1. The van der Waals surface area contributed by atoms with Crippen LogP contribution in [0.25, 0.3) is 0 Å². The number of carbonyl (C=O) groups excluding carboxylic acids is 1. The van der Waals surface area contributed by atoms with Gasteiger partial charge < -0.3 is 4.74 Å². The van der Waals surface area contributed by atoms with E-state index >= 15 is 0 Å². The van der Waals surface area contributed by atoms with Gasteiger partial charge in [-0.1, -0.05) is 0 Å². The first-order chi connectivity index (χ1) is 6.55. The summed E-state index contributed by atoms with van der Waals surface area (Å²) in [7, 11) is 1.66. The minimum atomic E-state index is -0.230. The van der Waals surface area contributed by atoms with Crippen molar-refractivity contribution in [1.29, 1.82) is 0 Å². The molecule has 1 aromatic rings. The molecule has 0 fully saturated rings. The van der Waals surface area contributed by atoms with E-state index in [4.69, 9.17) is 4.74 Å². The van der Waals surface area contributed by atoms with Crippen LogP contribution in [0.15, 0.2) is 10.9 Å². The molecule has 1 aromatic heterocycles. The minimum absolute atomic E-state index is 0.0939. The topological polar surface area (TPSA) is 39.2 Å². The maximum absolute atomic E-state index is 11.6. The Morgan fingerprint density at radius 2 is 2.36 bits per heavy atom. The van der Waals surface area contributed by atoms with Crippen LogP contribution in [-0.4, -0.2) is 23.5 Å².